The minimum Gasteiger partial charge on any atom is -0.390 e. The minimum absolute atomic E-state index is 0.0838. The van der Waals surface area contributed by atoms with Gasteiger partial charge in [0.2, 0.25) is 5.91 Å². The molecule has 1 amide bonds. The second-order valence-corrected chi connectivity index (χ2v) is 7.86. The highest BCUT2D eigenvalue weighted by molar-refractivity contribution is 6.02. The van der Waals surface area contributed by atoms with Gasteiger partial charge in [-0.15, -0.1) is 0 Å². The standard InChI is InChI=1S/C23H25F3N2O2/c1-15(2)22(29)28(13-17-8-6-9-18(11-17)23(24,25)26)14-19-12-21(27-30-19)20-10-5-4-7-16(20)3/h4-11,15,19H,12-14H2,1-3H3/t19-/m1/s1. The number of nitrogens with zero attached hydrogens (tertiary/aromatic N) is 2. The summed E-state index contributed by atoms with van der Waals surface area (Å²) < 4.78 is 39.1. The summed E-state index contributed by atoms with van der Waals surface area (Å²) in [6.07, 6.45) is -4.23. The van der Waals surface area contributed by atoms with Crippen LogP contribution in [0.5, 0.6) is 0 Å². The zero-order chi connectivity index (χ0) is 21.9. The van der Waals surface area contributed by atoms with Crippen molar-refractivity contribution in [3.05, 3.63) is 70.8 Å². The quantitative estimate of drug-likeness (QED) is 0.648. The predicted molar refractivity (Wildman–Crippen MR) is 109 cm³/mol. The van der Waals surface area contributed by atoms with Gasteiger partial charge in [0.15, 0.2) is 6.10 Å². The summed E-state index contributed by atoms with van der Waals surface area (Å²) in [5, 5.41) is 4.19. The molecule has 0 N–H and O–H groups in total. The maximum atomic E-state index is 13.0. The van der Waals surface area contributed by atoms with E-state index in [-0.39, 0.29) is 31.0 Å². The topological polar surface area (TPSA) is 41.9 Å². The van der Waals surface area contributed by atoms with E-state index in [2.05, 4.69) is 5.16 Å². The molecule has 1 heterocycles. The number of halogens is 3. The van der Waals surface area contributed by atoms with Crippen LogP contribution in [0.1, 0.15) is 42.5 Å². The van der Waals surface area contributed by atoms with Gasteiger partial charge in [0.05, 0.1) is 17.8 Å². The molecule has 3 rings (SSSR count). The number of benzene rings is 2. The highest BCUT2D eigenvalue weighted by Gasteiger charge is 2.31. The number of carbonyl (C=O) groups is 1. The molecule has 1 atom stereocenters. The molecule has 0 unspecified atom stereocenters. The molecule has 2 aromatic carbocycles. The molecule has 0 radical (unpaired) electrons. The van der Waals surface area contributed by atoms with E-state index >= 15 is 0 Å². The molecule has 4 nitrogen and oxygen atoms in total. The van der Waals surface area contributed by atoms with Gasteiger partial charge < -0.3 is 9.74 Å². The number of alkyl halides is 3. The van der Waals surface area contributed by atoms with Crippen molar-refractivity contribution in [3.8, 4) is 0 Å². The molecule has 160 valence electrons. The fraction of sp³-hybridized carbons (Fsp3) is 0.391. The van der Waals surface area contributed by atoms with Crippen LogP contribution in [0, 0.1) is 12.8 Å². The molecule has 7 heteroatoms. The first kappa shape index (κ1) is 21.9. The molecule has 1 aliphatic rings. The first-order valence-corrected chi connectivity index (χ1v) is 9.88. The van der Waals surface area contributed by atoms with Gasteiger partial charge in [0.1, 0.15) is 0 Å². The Bertz CT molecular complexity index is 938. The summed E-state index contributed by atoms with van der Waals surface area (Å²) in [6.45, 7) is 5.87. The van der Waals surface area contributed by atoms with E-state index in [0.29, 0.717) is 12.0 Å². The SMILES string of the molecule is Cc1ccccc1C1=NO[C@@H](CN(Cc2cccc(C(F)(F)F)c2)C(=O)C(C)C)C1. The van der Waals surface area contributed by atoms with Crippen molar-refractivity contribution in [1.82, 2.24) is 4.90 Å². The first-order chi connectivity index (χ1) is 14.1. The van der Waals surface area contributed by atoms with Crippen LogP contribution < -0.4 is 0 Å². The summed E-state index contributed by atoms with van der Waals surface area (Å²) in [4.78, 5) is 19.9. The highest BCUT2D eigenvalue weighted by atomic mass is 19.4. The van der Waals surface area contributed by atoms with E-state index in [1.54, 1.807) is 24.8 Å². The summed E-state index contributed by atoms with van der Waals surface area (Å²) in [5.41, 5.74) is 2.60. The molecule has 0 aromatic heterocycles. The molecule has 30 heavy (non-hydrogen) atoms. The lowest BCUT2D eigenvalue weighted by atomic mass is 10.00. The molecule has 0 spiro atoms. The van der Waals surface area contributed by atoms with Gasteiger partial charge in [-0.2, -0.15) is 13.2 Å². The van der Waals surface area contributed by atoms with E-state index in [4.69, 9.17) is 4.84 Å². The van der Waals surface area contributed by atoms with E-state index in [0.717, 1.165) is 29.0 Å². The molecular formula is C23H25F3N2O2. The second kappa shape index (κ2) is 8.90. The Hall–Kier alpha value is -2.83. The Labute approximate surface area is 174 Å². The second-order valence-electron chi connectivity index (χ2n) is 7.86. The first-order valence-electron chi connectivity index (χ1n) is 9.88. The minimum atomic E-state index is -4.42. The van der Waals surface area contributed by atoms with E-state index < -0.39 is 11.7 Å². The van der Waals surface area contributed by atoms with Crippen LogP contribution in [-0.2, 0) is 22.4 Å². The lowest BCUT2D eigenvalue weighted by Gasteiger charge is -2.27. The van der Waals surface area contributed by atoms with Crippen molar-refractivity contribution in [2.75, 3.05) is 6.54 Å². The molecule has 0 fully saturated rings. The third-order valence-electron chi connectivity index (χ3n) is 5.05. The lowest BCUT2D eigenvalue weighted by molar-refractivity contribution is -0.137. The number of hydrogen-bond donors (Lipinski definition) is 0. The summed E-state index contributed by atoms with van der Waals surface area (Å²) in [6, 6.07) is 12.9. The lowest BCUT2D eigenvalue weighted by Crippen LogP contribution is -2.39. The van der Waals surface area contributed by atoms with Crippen molar-refractivity contribution in [2.24, 2.45) is 11.1 Å². The number of amides is 1. The fourth-order valence-electron chi connectivity index (χ4n) is 3.49. The molecule has 0 saturated heterocycles. The molecule has 0 saturated carbocycles. The van der Waals surface area contributed by atoms with Crippen LogP contribution in [0.25, 0.3) is 0 Å². The smallest absolute Gasteiger partial charge is 0.390 e. The van der Waals surface area contributed by atoms with E-state index in [9.17, 15) is 18.0 Å². The number of rotatable bonds is 6. The normalized spacial score (nSPS) is 16.4. The molecule has 2 aromatic rings. The number of carbonyl (C=O) groups excluding carboxylic acids is 1. The van der Waals surface area contributed by atoms with Crippen molar-refractivity contribution in [2.45, 2.75) is 46.0 Å². The zero-order valence-corrected chi connectivity index (χ0v) is 17.2. The van der Waals surface area contributed by atoms with Crippen molar-refractivity contribution >= 4 is 11.6 Å². The third kappa shape index (κ3) is 5.20. The maximum Gasteiger partial charge on any atom is 0.416 e. The number of oxime groups is 1. The average Bonchev–Trinajstić information content (AvgIpc) is 3.15. The zero-order valence-electron chi connectivity index (χ0n) is 17.2. The Morgan fingerprint density at radius 2 is 1.93 bits per heavy atom. The van der Waals surface area contributed by atoms with Crippen LogP contribution in [-0.4, -0.2) is 29.2 Å². The fourth-order valence-corrected chi connectivity index (χ4v) is 3.49. The van der Waals surface area contributed by atoms with Crippen molar-refractivity contribution in [1.29, 1.82) is 0 Å². The maximum absolute atomic E-state index is 13.0. The Morgan fingerprint density at radius 3 is 2.60 bits per heavy atom. The molecule has 1 aliphatic heterocycles. The summed E-state index contributed by atoms with van der Waals surface area (Å²) >= 11 is 0. The number of aryl methyl sites for hydroxylation is 1. The van der Waals surface area contributed by atoms with Crippen LogP contribution in [0.15, 0.2) is 53.7 Å². The largest absolute Gasteiger partial charge is 0.416 e. The van der Waals surface area contributed by atoms with Crippen LogP contribution in [0.3, 0.4) is 0 Å². The molecular weight excluding hydrogens is 393 g/mol. The number of hydrogen-bond acceptors (Lipinski definition) is 3. The Kier molecular flexibility index (Phi) is 6.48. The van der Waals surface area contributed by atoms with Crippen LogP contribution >= 0.6 is 0 Å². The summed E-state index contributed by atoms with van der Waals surface area (Å²) in [5.74, 6) is -0.422. The Balaban J connectivity index is 1.73. The van der Waals surface area contributed by atoms with Crippen LogP contribution in [0.4, 0.5) is 13.2 Å². The van der Waals surface area contributed by atoms with Gasteiger partial charge in [-0.3, -0.25) is 4.79 Å². The van der Waals surface area contributed by atoms with Crippen LogP contribution in [0.2, 0.25) is 0 Å². The summed E-state index contributed by atoms with van der Waals surface area (Å²) in [7, 11) is 0. The van der Waals surface area contributed by atoms with Gasteiger partial charge in [0.25, 0.3) is 0 Å². The van der Waals surface area contributed by atoms with Gasteiger partial charge in [-0.25, -0.2) is 0 Å². The van der Waals surface area contributed by atoms with Gasteiger partial charge in [0, 0.05) is 24.4 Å². The monoisotopic (exact) mass is 418 g/mol. The van der Waals surface area contributed by atoms with E-state index in [1.165, 1.54) is 6.07 Å². The van der Waals surface area contributed by atoms with Crippen molar-refractivity contribution < 1.29 is 22.8 Å². The third-order valence-corrected chi connectivity index (χ3v) is 5.05. The van der Waals surface area contributed by atoms with Crippen molar-refractivity contribution in [3.63, 3.8) is 0 Å². The Morgan fingerprint density at radius 1 is 1.20 bits per heavy atom. The average molecular weight is 418 g/mol. The molecule has 0 aliphatic carbocycles. The highest BCUT2D eigenvalue weighted by Crippen LogP contribution is 2.30. The van der Waals surface area contributed by atoms with Gasteiger partial charge in [-0.1, -0.05) is 55.4 Å². The predicted octanol–water partition coefficient (Wildman–Crippen LogP) is 5.19. The van der Waals surface area contributed by atoms with E-state index in [1.807, 2.05) is 31.2 Å². The van der Waals surface area contributed by atoms with Gasteiger partial charge >= 0.3 is 6.18 Å². The van der Waals surface area contributed by atoms with Gasteiger partial charge in [-0.05, 0) is 30.2 Å². The molecule has 0 bridgehead atoms.